The van der Waals surface area contributed by atoms with Crippen molar-refractivity contribution in [3.05, 3.63) is 27.2 Å². The minimum absolute atomic E-state index is 0.0863. The third-order valence-corrected chi connectivity index (χ3v) is 3.40. The number of carbonyl (C=O) groups excluding carboxylic acids is 1. The Kier molecular flexibility index (Phi) is 4.23. The Labute approximate surface area is 98.4 Å². The fourth-order valence-corrected chi connectivity index (χ4v) is 2.46. The van der Waals surface area contributed by atoms with Crippen LogP contribution in [0.4, 0.5) is 0 Å². The normalized spacial score (nSPS) is 10.0. The molecule has 0 unspecified atom stereocenters. The van der Waals surface area contributed by atoms with Gasteiger partial charge in [-0.2, -0.15) is 0 Å². The average Bonchev–Trinajstić information content (AvgIpc) is 2.45. The molecule has 82 valence electrons. The van der Waals surface area contributed by atoms with Crippen molar-refractivity contribution in [2.24, 2.45) is 0 Å². The van der Waals surface area contributed by atoms with Gasteiger partial charge >= 0.3 is 0 Å². The molecule has 1 aromatic rings. The lowest BCUT2D eigenvalue weighted by atomic mass is 10.3. The number of likely N-dealkylation sites (N-methyl/N-ethyl adjacent to an activating group) is 1. The second-order valence-corrected chi connectivity index (χ2v) is 5.07. The first-order valence-electron chi connectivity index (χ1n) is 4.58. The molecule has 0 saturated heterocycles. The van der Waals surface area contributed by atoms with E-state index in [0.29, 0.717) is 13.0 Å². The van der Waals surface area contributed by atoms with E-state index >= 15 is 0 Å². The third kappa shape index (κ3) is 3.28. The number of carbonyl (C=O) groups is 1. The van der Waals surface area contributed by atoms with E-state index in [-0.39, 0.29) is 5.91 Å². The van der Waals surface area contributed by atoms with Crippen molar-refractivity contribution < 1.29 is 4.79 Å². The standard InChI is InChI=1S/C10H14N2OS2/c1-4-5-12(3)9(13)6-8-7(2)11-10(14)15-8/h4H,1,5-6H2,2-3H3,(H,11,14). The minimum atomic E-state index is 0.0863. The monoisotopic (exact) mass is 242 g/mol. The van der Waals surface area contributed by atoms with Crippen LogP contribution < -0.4 is 0 Å². The van der Waals surface area contributed by atoms with E-state index in [1.807, 2.05) is 6.92 Å². The van der Waals surface area contributed by atoms with Gasteiger partial charge in [0, 0.05) is 24.2 Å². The molecular formula is C10H14N2OS2. The fourth-order valence-electron chi connectivity index (χ4n) is 1.17. The molecule has 0 aliphatic heterocycles. The highest BCUT2D eigenvalue weighted by Crippen LogP contribution is 2.15. The lowest BCUT2D eigenvalue weighted by Gasteiger charge is -2.13. The van der Waals surface area contributed by atoms with E-state index in [9.17, 15) is 4.79 Å². The van der Waals surface area contributed by atoms with Gasteiger partial charge in [-0.3, -0.25) is 4.79 Å². The number of rotatable bonds is 4. The van der Waals surface area contributed by atoms with E-state index in [4.69, 9.17) is 12.2 Å². The van der Waals surface area contributed by atoms with Gasteiger partial charge in [-0.15, -0.1) is 17.9 Å². The van der Waals surface area contributed by atoms with Gasteiger partial charge in [0.15, 0.2) is 3.95 Å². The number of aromatic amines is 1. The van der Waals surface area contributed by atoms with Crippen molar-refractivity contribution in [2.75, 3.05) is 13.6 Å². The Morgan fingerprint density at radius 1 is 1.73 bits per heavy atom. The first-order chi connectivity index (χ1) is 7.04. The zero-order valence-corrected chi connectivity index (χ0v) is 10.5. The first-order valence-corrected chi connectivity index (χ1v) is 5.80. The summed E-state index contributed by atoms with van der Waals surface area (Å²) in [4.78, 5) is 17.4. The molecule has 0 spiro atoms. The maximum absolute atomic E-state index is 11.7. The predicted molar refractivity (Wildman–Crippen MR) is 65.8 cm³/mol. The largest absolute Gasteiger partial charge is 0.342 e. The topological polar surface area (TPSA) is 36.1 Å². The van der Waals surface area contributed by atoms with Crippen molar-refractivity contribution in [3.63, 3.8) is 0 Å². The van der Waals surface area contributed by atoms with Crippen LogP contribution in [0.25, 0.3) is 0 Å². The molecule has 0 saturated carbocycles. The van der Waals surface area contributed by atoms with E-state index < -0.39 is 0 Å². The molecular weight excluding hydrogens is 228 g/mol. The number of aryl methyl sites for hydroxylation is 1. The molecule has 0 aliphatic rings. The van der Waals surface area contributed by atoms with Crippen LogP contribution in [0.15, 0.2) is 12.7 Å². The summed E-state index contributed by atoms with van der Waals surface area (Å²) in [6, 6.07) is 0. The highest BCUT2D eigenvalue weighted by molar-refractivity contribution is 7.73. The summed E-state index contributed by atoms with van der Waals surface area (Å²) in [5, 5.41) is 0. The number of hydrogen-bond donors (Lipinski definition) is 1. The summed E-state index contributed by atoms with van der Waals surface area (Å²) in [6.07, 6.45) is 2.12. The predicted octanol–water partition coefficient (Wildman–Crippen LogP) is 2.30. The number of thiazole rings is 1. The molecule has 1 heterocycles. The summed E-state index contributed by atoms with van der Waals surface area (Å²) in [7, 11) is 1.77. The number of aromatic nitrogens is 1. The molecule has 0 radical (unpaired) electrons. The molecule has 0 fully saturated rings. The van der Waals surface area contributed by atoms with Gasteiger partial charge in [0.05, 0.1) is 6.42 Å². The van der Waals surface area contributed by atoms with Crippen LogP contribution in [0.1, 0.15) is 10.6 Å². The van der Waals surface area contributed by atoms with Crippen molar-refractivity contribution >= 4 is 29.5 Å². The van der Waals surface area contributed by atoms with Gasteiger partial charge in [-0.25, -0.2) is 0 Å². The first kappa shape index (κ1) is 12.1. The maximum Gasteiger partial charge on any atom is 0.227 e. The molecule has 0 aliphatic carbocycles. The second kappa shape index (κ2) is 5.23. The number of nitrogens with zero attached hydrogens (tertiary/aromatic N) is 1. The second-order valence-electron chi connectivity index (χ2n) is 3.30. The summed E-state index contributed by atoms with van der Waals surface area (Å²) < 4.78 is 0.724. The molecule has 1 aromatic heterocycles. The smallest absolute Gasteiger partial charge is 0.227 e. The minimum Gasteiger partial charge on any atom is -0.342 e. The zero-order chi connectivity index (χ0) is 11.4. The number of amides is 1. The molecule has 1 amide bonds. The Balaban J connectivity index is 2.70. The fraction of sp³-hybridized carbons (Fsp3) is 0.400. The molecule has 0 atom stereocenters. The molecule has 0 aromatic carbocycles. The van der Waals surface area contributed by atoms with E-state index in [1.165, 1.54) is 11.3 Å². The zero-order valence-electron chi connectivity index (χ0n) is 8.87. The molecule has 1 rings (SSSR count). The van der Waals surface area contributed by atoms with Crippen LogP contribution in [0.5, 0.6) is 0 Å². The van der Waals surface area contributed by atoms with E-state index in [1.54, 1.807) is 18.0 Å². The maximum atomic E-state index is 11.7. The lowest BCUT2D eigenvalue weighted by Crippen LogP contribution is -2.28. The van der Waals surface area contributed by atoms with Crippen LogP contribution in [0.2, 0.25) is 0 Å². The number of nitrogens with one attached hydrogen (secondary N) is 1. The van der Waals surface area contributed by atoms with Gasteiger partial charge in [0.1, 0.15) is 0 Å². The van der Waals surface area contributed by atoms with E-state index in [0.717, 1.165) is 14.5 Å². The van der Waals surface area contributed by atoms with Gasteiger partial charge in [-0.05, 0) is 19.1 Å². The Morgan fingerprint density at radius 3 is 2.87 bits per heavy atom. The summed E-state index contributed by atoms with van der Waals surface area (Å²) in [5.41, 5.74) is 0.991. The highest BCUT2D eigenvalue weighted by Gasteiger charge is 2.11. The Morgan fingerprint density at radius 2 is 2.40 bits per heavy atom. The van der Waals surface area contributed by atoms with Gasteiger partial charge in [-0.1, -0.05) is 6.08 Å². The molecule has 1 N–H and O–H groups in total. The van der Waals surface area contributed by atoms with Gasteiger partial charge < -0.3 is 9.88 Å². The van der Waals surface area contributed by atoms with Crippen LogP contribution >= 0.6 is 23.6 Å². The van der Waals surface area contributed by atoms with Gasteiger partial charge in [0.2, 0.25) is 5.91 Å². The summed E-state index contributed by atoms with van der Waals surface area (Å²) in [5.74, 6) is 0.0863. The third-order valence-electron chi connectivity index (χ3n) is 2.06. The Bertz CT molecular complexity index is 419. The van der Waals surface area contributed by atoms with Crippen LogP contribution in [0, 0.1) is 10.9 Å². The molecule has 3 nitrogen and oxygen atoms in total. The Hall–Kier alpha value is -0.940. The van der Waals surface area contributed by atoms with E-state index in [2.05, 4.69) is 11.6 Å². The lowest BCUT2D eigenvalue weighted by molar-refractivity contribution is -0.128. The molecule has 0 bridgehead atoms. The average molecular weight is 242 g/mol. The van der Waals surface area contributed by atoms with Crippen molar-refractivity contribution in [1.29, 1.82) is 0 Å². The SMILES string of the molecule is C=CCN(C)C(=O)Cc1sc(=S)[nH]c1C. The molecule has 5 heteroatoms. The molecule has 15 heavy (non-hydrogen) atoms. The summed E-state index contributed by atoms with van der Waals surface area (Å²) in [6.45, 7) is 6.11. The van der Waals surface area contributed by atoms with Crippen LogP contribution in [-0.2, 0) is 11.2 Å². The van der Waals surface area contributed by atoms with Gasteiger partial charge in [0.25, 0.3) is 0 Å². The van der Waals surface area contributed by atoms with Crippen molar-refractivity contribution in [3.8, 4) is 0 Å². The summed E-state index contributed by atoms with van der Waals surface area (Å²) >= 11 is 6.48. The quantitative estimate of drug-likeness (QED) is 0.649. The number of H-pyrrole nitrogens is 1. The van der Waals surface area contributed by atoms with Crippen molar-refractivity contribution in [2.45, 2.75) is 13.3 Å². The van der Waals surface area contributed by atoms with Crippen molar-refractivity contribution in [1.82, 2.24) is 9.88 Å². The van der Waals surface area contributed by atoms with Crippen LogP contribution in [0.3, 0.4) is 0 Å². The highest BCUT2D eigenvalue weighted by atomic mass is 32.1. The number of hydrogen-bond acceptors (Lipinski definition) is 3. The van der Waals surface area contributed by atoms with Crippen LogP contribution in [-0.4, -0.2) is 29.4 Å².